The lowest BCUT2D eigenvalue weighted by molar-refractivity contribution is 0.384. The zero-order valence-corrected chi connectivity index (χ0v) is 10.6. The van der Waals surface area contributed by atoms with Gasteiger partial charge in [0, 0.05) is 10.5 Å². The predicted molar refractivity (Wildman–Crippen MR) is 60.0 cm³/mol. The van der Waals surface area contributed by atoms with Gasteiger partial charge < -0.3 is 0 Å². The molecule has 3 nitrogen and oxygen atoms in total. The summed E-state index contributed by atoms with van der Waals surface area (Å²) in [5.41, 5.74) is 0. The highest BCUT2D eigenvalue weighted by molar-refractivity contribution is 9.10. The predicted octanol–water partition coefficient (Wildman–Crippen LogP) is 2.34. The summed E-state index contributed by atoms with van der Waals surface area (Å²) in [6, 6.07) is 1.90. The Morgan fingerprint density at radius 3 is 2.64 bits per heavy atom. The van der Waals surface area contributed by atoms with Gasteiger partial charge in [0.15, 0.2) is 0 Å². The molecule has 2 rings (SSSR count). The highest BCUT2D eigenvalue weighted by atomic mass is 79.9. The topological polar surface area (TPSA) is 46.2 Å². The molecule has 1 N–H and O–H groups in total. The number of rotatable bonds is 3. The molecule has 0 bridgehead atoms. The highest BCUT2D eigenvalue weighted by Crippen LogP contribution is 2.29. The molecule has 1 aromatic rings. The molecule has 0 aliphatic heterocycles. The monoisotopic (exact) mass is 295 g/mol. The molecule has 1 fully saturated rings. The van der Waals surface area contributed by atoms with Crippen LogP contribution in [0.5, 0.6) is 0 Å². The maximum absolute atomic E-state index is 11.8. The minimum Gasteiger partial charge on any atom is -0.207 e. The van der Waals surface area contributed by atoms with Crippen LogP contribution in [-0.2, 0) is 10.0 Å². The van der Waals surface area contributed by atoms with Gasteiger partial charge in [0.2, 0.25) is 0 Å². The second-order valence-electron chi connectivity index (χ2n) is 3.31. The van der Waals surface area contributed by atoms with Gasteiger partial charge in [-0.25, -0.2) is 13.1 Å². The lowest BCUT2D eigenvalue weighted by Gasteiger charge is -2.25. The van der Waals surface area contributed by atoms with Crippen LogP contribution in [-0.4, -0.2) is 14.5 Å². The Bertz CT molecular complexity index is 422. The second-order valence-corrected chi connectivity index (χ2v) is 6.98. The molecule has 1 heterocycles. The van der Waals surface area contributed by atoms with Crippen molar-refractivity contribution in [3.8, 4) is 0 Å². The molecule has 0 spiro atoms. The quantitative estimate of drug-likeness (QED) is 0.930. The number of hydrogen-bond donors (Lipinski definition) is 1. The summed E-state index contributed by atoms with van der Waals surface area (Å²) in [7, 11) is -3.29. The Morgan fingerprint density at radius 1 is 1.50 bits per heavy atom. The Labute approximate surface area is 95.7 Å². The third-order valence-corrected chi connectivity index (χ3v) is 6.45. The zero-order valence-electron chi connectivity index (χ0n) is 7.36. The largest absolute Gasteiger partial charge is 0.251 e. The van der Waals surface area contributed by atoms with E-state index in [-0.39, 0.29) is 6.04 Å². The van der Waals surface area contributed by atoms with Gasteiger partial charge in [-0.15, -0.1) is 11.3 Å². The van der Waals surface area contributed by atoms with Crippen LogP contribution >= 0.6 is 27.3 Å². The molecule has 0 atom stereocenters. The van der Waals surface area contributed by atoms with E-state index in [9.17, 15) is 8.42 Å². The summed E-state index contributed by atoms with van der Waals surface area (Å²) in [6.07, 6.45) is 3.04. The fourth-order valence-electron chi connectivity index (χ4n) is 1.27. The summed E-state index contributed by atoms with van der Waals surface area (Å²) >= 11 is 4.46. The molecule has 0 amide bonds. The van der Waals surface area contributed by atoms with Crippen molar-refractivity contribution in [1.29, 1.82) is 0 Å². The number of nitrogens with one attached hydrogen (secondary N) is 1. The fourth-order valence-corrected chi connectivity index (χ4v) is 4.93. The van der Waals surface area contributed by atoms with Crippen LogP contribution in [0.25, 0.3) is 0 Å². The van der Waals surface area contributed by atoms with E-state index in [0.29, 0.717) is 8.68 Å². The summed E-state index contributed by atoms with van der Waals surface area (Å²) < 4.78 is 27.3. The first kappa shape index (κ1) is 10.6. The van der Waals surface area contributed by atoms with Crippen molar-refractivity contribution in [3.05, 3.63) is 15.9 Å². The lowest BCUT2D eigenvalue weighted by atomic mass is 9.94. The molecule has 1 aliphatic rings. The van der Waals surface area contributed by atoms with E-state index in [2.05, 4.69) is 20.7 Å². The van der Waals surface area contributed by atoms with Gasteiger partial charge in [-0.3, -0.25) is 0 Å². The Kier molecular flexibility index (Phi) is 2.97. The van der Waals surface area contributed by atoms with Gasteiger partial charge in [0.25, 0.3) is 10.0 Å². The molecule has 14 heavy (non-hydrogen) atoms. The minimum absolute atomic E-state index is 0.147. The molecule has 0 saturated heterocycles. The van der Waals surface area contributed by atoms with E-state index in [1.807, 2.05) is 0 Å². The Hall–Kier alpha value is 0.0900. The fraction of sp³-hybridized carbons (Fsp3) is 0.500. The van der Waals surface area contributed by atoms with Crippen molar-refractivity contribution in [2.45, 2.75) is 29.5 Å². The van der Waals surface area contributed by atoms with Crippen LogP contribution in [0.4, 0.5) is 0 Å². The van der Waals surface area contributed by atoms with E-state index in [1.54, 1.807) is 11.4 Å². The Balaban J connectivity index is 2.19. The number of hydrogen-bond acceptors (Lipinski definition) is 3. The third kappa shape index (κ3) is 2.03. The molecular formula is C8H10BrNO2S2. The van der Waals surface area contributed by atoms with Crippen LogP contribution in [0, 0.1) is 0 Å². The van der Waals surface area contributed by atoms with E-state index >= 15 is 0 Å². The number of sulfonamides is 1. The van der Waals surface area contributed by atoms with Crippen LogP contribution in [0.15, 0.2) is 20.1 Å². The van der Waals surface area contributed by atoms with Crippen molar-refractivity contribution in [3.63, 3.8) is 0 Å². The van der Waals surface area contributed by atoms with E-state index in [1.165, 1.54) is 11.3 Å². The van der Waals surface area contributed by atoms with Gasteiger partial charge in [0.1, 0.15) is 4.21 Å². The van der Waals surface area contributed by atoms with E-state index < -0.39 is 10.0 Å². The molecule has 0 radical (unpaired) electrons. The maximum atomic E-state index is 11.8. The average Bonchev–Trinajstić information content (AvgIpc) is 2.45. The minimum atomic E-state index is -3.29. The molecule has 1 aromatic heterocycles. The van der Waals surface area contributed by atoms with Crippen LogP contribution in [0.1, 0.15) is 19.3 Å². The van der Waals surface area contributed by atoms with E-state index in [4.69, 9.17) is 0 Å². The van der Waals surface area contributed by atoms with Crippen LogP contribution < -0.4 is 4.72 Å². The smallest absolute Gasteiger partial charge is 0.207 e. The van der Waals surface area contributed by atoms with Gasteiger partial charge in [-0.05, 0) is 40.2 Å². The first-order valence-electron chi connectivity index (χ1n) is 4.35. The summed E-state index contributed by atoms with van der Waals surface area (Å²) in [5, 5.41) is 1.76. The first-order valence-corrected chi connectivity index (χ1v) is 7.50. The van der Waals surface area contributed by atoms with Crippen molar-refractivity contribution < 1.29 is 8.42 Å². The lowest BCUT2D eigenvalue weighted by Crippen LogP contribution is -2.39. The SMILES string of the molecule is O=S(=O)(NC1CCC1)c1sccc1Br. The summed E-state index contributed by atoms with van der Waals surface area (Å²) in [6.45, 7) is 0. The zero-order chi connectivity index (χ0) is 10.2. The molecular weight excluding hydrogens is 286 g/mol. The van der Waals surface area contributed by atoms with Crippen LogP contribution in [0.3, 0.4) is 0 Å². The third-order valence-electron chi connectivity index (χ3n) is 2.26. The first-order chi connectivity index (χ1) is 6.59. The van der Waals surface area contributed by atoms with Crippen LogP contribution in [0.2, 0.25) is 0 Å². The number of thiophene rings is 1. The standard InChI is InChI=1S/C8H10BrNO2S2/c9-7-4-5-13-8(7)14(11,12)10-6-2-1-3-6/h4-6,10H,1-3H2. The van der Waals surface area contributed by atoms with Crippen molar-refractivity contribution in [2.75, 3.05) is 0 Å². The Morgan fingerprint density at radius 2 is 2.21 bits per heavy atom. The van der Waals surface area contributed by atoms with Gasteiger partial charge in [-0.1, -0.05) is 6.42 Å². The molecule has 1 aliphatic carbocycles. The second kappa shape index (κ2) is 3.92. The molecule has 1 saturated carbocycles. The van der Waals surface area contributed by atoms with Gasteiger partial charge in [0.05, 0.1) is 0 Å². The van der Waals surface area contributed by atoms with Crippen molar-refractivity contribution in [2.24, 2.45) is 0 Å². The normalized spacial score (nSPS) is 18.1. The average molecular weight is 296 g/mol. The van der Waals surface area contributed by atoms with Crippen molar-refractivity contribution in [1.82, 2.24) is 4.72 Å². The number of halogens is 1. The van der Waals surface area contributed by atoms with E-state index in [0.717, 1.165) is 19.3 Å². The molecule has 0 aromatic carbocycles. The van der Waals surface area contributed by atoms with Gasteiger partial charge in [-0.2, -0.15) is 0 Å². The molecule has 0 unspecified atom stereocenters. The maximum Gasteiger partial charge on any atom is 0.251 e. The highest BCUT2D eigenvalue weighted by Gasteiger charge is 2.26. The van der Waals surface area contributed by atoms with Gasteiger partial charge >= 0.3 is 0 Å². The summed E-state index contributed by atoms with van der Waals surface area (Å²) in [4.78, 5) is 0. The summed E-state index contributed by atoms with van der Waals surface area (Å²) in [5.74, 6) is 0. The molecule has 78 valence electrons. The van der Waals surface area contributed by atoms with Crippen molar-refractivity contribution >= 4 is 37.3 Å². The molecule has 6 heteroatoms.